The maximum atomic E-state index is 4.54. The Labute approximate surface area is 131 Å². The van der Waals surface area contributed by atoms with Crippen LogP contribution in [0.1, 0.15) is 59.7 Å². The van der Waals surface area contributed by atoms with Gasteiger partial charge in [-0.05, 0) is 45.6 Å². The second kappa shape index (κ2) is 5.45. The average Bonchev–Trinajstić information content (AvgIpc) is 2.63. The Bertz CT molecular complexity index is 462. The van der Waals surface area contributed by atoms with Crippen LogP contribution in [-0.2, 0) is 6.54 Å². The first-order valence-electron chi connectivity index (χ1n) is 7.73. The van der Waals surface area contributed by atoms with Crippen LogP contribution in [0.4, 0.5) is 0 Å². The zero-order chi connectivity index (χ0) is 15.1. The van der Waals surface area contributed by atoms with Crippen LogP contribution in [0.25, 0.3) is 0 Å². The molecule has 1 aliphatic rings. The van der Waals surface area contributed by atoms with E-state index in [1.54, 1.807) is 0 Å². The molecule has 114 valence electrons. The summed E-state index contributed by atoms with van der Waals surface area (Å²) in [6, 6.07) is 0.369. The van der Waals surface area contributed by atoms with Crippen molar-refractivity contribution in [2.75, 3.05) is 6.54 Å². The fourth-order valence-electron chi connectivity index (χ4n) is 3.74. The molecule has 1 unspecified atom stereocenters. The summed E-state index contributed by atoms with van der Waals surface area (Å²) in [6.07, 6.45) is 3.05. The third-order valence-corrected chi connectivity index (χ3v) is 6.06. The molecule has 4 heteroatoms. The van der Waals surface area contributed by atoms with Crippen molar-refractivity contribution in [2.24, 2.45) is 16.7 Å². The van der Waals surface area contributed by atoms with Crippen molar-refractivity contribution >= 4 is 15.9 Å². The molecule has 2 rings (SSSR count). The van der Waals surface area contributed by atoms with Crippen LogP contribution in [0.5, 0.6) is 0 Å². The van der Waals surface area contributed by atoms with E-state index in [0.717, 1.165) is 24.0 Å². The molecule has 0 aliphatic heterocycles. The molecule has 0 aromatic carbocycles. The van der Waals surface area contributed by atoms with E-state index in [2.05, 4.69) is 72.6 Å². The minimum absolute atomic E-state index is 0.362. The Morgan fingerprint density at radius 1 is 1.30 bits per heavy atom. The molecule has 1 atom stereocenters. The van der Waals surface area contributed by atoms with Crippen molar-refractivity contribution in [1.82, 2.24) is 15.1 Å². The second-order valence-corrected chi connectivity index (χ2v) is 7.91. The Hall–Kier alpha value is -0.350. The Morgan fingerprint density at radius 3 is 2.35 bits per heavy atom. The predicted octanol–water partition coefficient (Wildman–Crippen LogP) is 4.39. The van der Waals surface area contributed by atoms with Gasteiger partial charge in [0, 0.05) is 6.54 Å². The highest BCUT2D eigenvalue weighted by atomic mass is 79.9. The summed E-state index contributed by atoms with van der Waals surface area (Å²) in [4.78, 5) is 0. The summed E-state index contributed by atoms with van der Waals surface area (Å²) in [6.45, 7) is 15.9. The third-order valence-electron chi connectivity index (χ3n) is 5.45. The van der Waals surface area contributed by atoms with Crippen LogP contribution in [0.3, 0.4) is 0 Å². The predicted molar refractivity (Wildman–Crippen MR) is 87.7 cm³/mol. The van der Waals surface area contributed by atoms with Gasteiger partial charge in [-0.1, -0.05) is 41.5 Å². The number of nitrogens with one attached hydrogen (secondary N) is 1. The molecule has 1 N–H and O–H groups in total. The average molecular weight is 342 g/mol. The molecule has 1 saturated carbocycles. The van der Waals surface area contributed by atoms with Crippen LogP contribution in [0, 0.1) is 16.7 Å². The maximum Gasteiger partial charge on any atom is 0.0698 e. The molecule has 0 saturated heterocycles. The van der Waals surface area contributed by atoms with Gasteiger partial charge in [0.2, 0.25) is 0 Å². The zero-order valence-corrected chi connectivity index (χ0v) is 15.2. The van der Waals surface area contributed by atoms with Gasteiger partial charge in [0.1, 0.15) is 0 Å². The molecule has 1 aromatic rings. The minimum atomic E-state index is 0.362. The van der Waals surface area contributed by atoms with Crippen molar-refractivity contribution in [2.45, 2.75) is 60.5 Å². The van der Waals surface area contributed by atoms with E-state index >= 15 is 0 Å². The number of hydrogen-bond donors (Lipinski definition) is 1. The number of halogens is 1. The van der Waals surface area contributed by atoms with Crippen molar-refractivity contribution in [1.29, 1.82) is 0 Å². The van der Waals surface area contributed by atoms with Gasteiger partial charge in [0.15, 0.2) is 0 Å². The van der Waals surface area contributed by atoms with Crippen molar-refractivity contribution < 1.29 is 0 Å². The molecule has 1 aromatic heterocycles. The summed E-state index contributed by atoms with van der Waals surface area (Å²) in [5, 5.41) is 8.25. The normalized spacial score (nSPS) is 21.9. The summed E-state index contributed by atoms with van der Waals surface area (Å²) < 4.78 is 3.30. The molecular formula is C16H28BrN3. The fourth-order valence-corrected chi connectivity index (χ4v) is 4.29. The van der Waals surface area contributed by atoms with E-state index in [0.29, 0.717) is 22.8 Å². The van der Waals surface area contributed by atoms with Gasteiger partial charge in [-0.15, -0.1) is 0 Å². The molecule has 1 heterocycles. The number of nitrogens with zero attached hydrogens (tertiary/aromatic N) is 2. The Morgan fingerprint density at radius 2 is 1.90 bits per heavy atom. The van der Waals surface area contributed by atoms with Crippen LogP contribution in [-0.4, -0.2) is 16.3 Å². The summed E-state index contributed by atoms with van der Waals surface area (Å²) >= 11 is 3.71. The highest BCUT2D eigenvalue weighted by molar-refractivity contribution is 9.10. The largest absolute Gasteiger partial charge is 0.309 e. The van der Waals surface area contributed by atoms with Gasteiger partial charge in [-0.2, -0.15) is 5.10 Å². The van der Waals surface area contributed by atoms with E-state index in [9.17, 15) is 0 Å². The lowest BCUT2D eigenvalue weighted by Crippen LogP contribution is -2.28. The second-order valence-electron chi connectivity index (χ2n) is 7.06. The summed E-state index contributed by atoms with van der Waals surface area (Å²) in [7, 11) is 0. The smallest absolute Gasteiger partial charge is 0.0698 e. The molecule has 20 heavy (non-hydrogen) atoms. The van der Waals surface area contributed by atoms with E-state index in [1.807, 2.05) is 6.20 Å². The molecule has 1 fully saturated rings. The zero-order valence-electron chi connectivity index (χ0n) is 13.6. The Balaban J connectivity index is 2.38. The van der Waals surface area contributed by atoms with Crippen LogP contribution in [0.2, 0.25) is 0 Å². The van der Waals surface area contributed by atoms with Gasteiger partial charge in [-0.25, -0.2) is 0 Å². The van der Waals surface area contributed by atoms with Gasteiger partial charge in [0.05, 0.1) is 22.4 Å². The van der Waals surface area contributed by atoms with E-state index in [4.69, 9.17) is 0 Å². The highest BCUT2D eigenvalue weighted by Gasteiger charge is 2.67. The maximum absolute atomic E-state index is 4.54. The molecule has 0 amide bonds. The van der Waals surface area contributed by atoms with E-state index < -0.39 is 0 Å². The molecule has 3 nitrogen and oxygen atoms in total. The number of aromatic nitrogens is 2. The summed E-state index contributed by atoms with van der Waals surface area (Å²) in [5.74, 6) is 0.638. The quantitative estimate of drug-likeness (QED) is 0.831. The molecule has 0 bridgehead atoms. The molecule has 0 radical (unpaired) electrons. The number of hydrogen-bond acceptors (Lipinski definition) is 2. The van der Waals surface area contributed by atoms with Crippen LogP contribution >= 0.6 is 15.9 Å². The monoisotopic (exact) mass is 341 g/mol. The summed E-state index contributed by atoms with van der Waals surface area (Å²) in [5.41, 5.74) is 2.04. The van der Waals surface area contributed by atoms with Gasteiger partial charge >= 0.3 is 0 Å². The lowest BCUT2D eigenvalue weighted by atomic mass is 10.0. The Kier molecular flexibility index (Phi) is 4.37. The minimum Gasteiger partial charge on any atom is -0.309 e. The van der Waals surface area contributed by atoms with Crippen molar-refractivity contribution in [3.63, 3.8) is 0 Å². The van der Waals surface area contributed by atoms with E-state index in [-0.39, 0.29) is 0 Å². The van der Waals surface area contributed by atoms with E-state index in [1.165, 1.54) is 5.69 Å². The van der Waals surface area contributed by atoms with Crippen LogP contribution in [0.15, 0.2) is 10.7 Å². The first-order chi connectivity index (χ1) is 9.29. The first-order valence-corrected chi connectivity index (χ1v) is 8.52. The highest BCUT2D eigenvalue weighted by Crippen LogP contribution is 2.72. The van der Waals surface area contributed by atoms with Gasteiger partial charge in [-0.3, -0.25) is 4.68 Å². The van der Waals surface area contributed by atoms with Gasteiger partial charge < -0.3 is 5.32 Å². The molecule has 1 aliphatic carbocycles. The fraction of sp³-hybridized carbons (Fsp3) is 0.812. The third kappa shape index (κ3) is 2.35. The molecular weight excluding hydrogens is 314 g/mol. The van der Waals surface area contributed by atoms with Crippen molar-refractivity contribution in [3.05, 3.63) is 16.4 Å². The molecule has 0 spiro atoms. The SMILES string of the molecule is CCCn1ncc(Br)c1C(NCC)C1C(C)(C)C1(C)C. The first kappa shape index (κ1) is 16.0. The van der Waals surface area contributed by atoms with Crippen molar-refractivity contribution in [3.8, 4) is 0 Å². The topological polar surface area (TPSA) is 29.9 Å². The van der Waals surface area contributed by atoms with Gasteiger partial charge in [0.25, 0.3) is 0 Å². The number of rotatable bonds is 6. The lowest BCUT2D eigenvalue weighted by Gasteiger charge is -2.22. The lowest BCUT2D eigenvalue weighted by molar-refractivity contribution is 0.385. The number of aryl methyl sites for hydroxylation is 1. The standard InChI is InChI=1S/C16H28BrN3/c1-7-9-20-13(11(17)10-19-20)12(18-8-2)14-15(3,4)16(14,5)6/h10,12,14,18H,7-9H2,1-6H3. The van der Waals surface area contributed by atoms with Crippen LogP contribution < -0.4 is 5.32 Å².